The first-order valence-electron chi connectivity index (χ1n) is 6.71. The highest BCUT2D eigenvalue weighted by Gasteiger charge is 2.08. The zero-order valence-electron chi connectivity index (χ0n) is 12.1. The molecule has 1 unspecified atom stereocenters. The molecular weight excluding hydrogens is 242 g/mol. The van der Waals surface area contributed by atoms with Crippen molar-refractivity contribution in [2.75, 3.05) is 39.2 Å². The van der Waals surface area contributed by atoms with Gasteiger partial charge >= 0.3 is 0 Å². The van der Waals surface area contributed by atoms with Crippen LogP contribution in [0.1, 0.15) is 18.9 Å². The molecule has 5 nitrogen and oxygen atoms in total. The van der Waals surface area contributed by atoms with Gasteiger partial charge in [-0.3, -0.25) is 4.98 Å². The maximum atomic E-state index is 5.33. The first-order chi connectivity index (χ1) is 9.31. The third kappa shape index (κ3) is 6.00. The van der Waals surface area contributed by atoms with Crippen LogP contribution < -0.4 is 10.6 Å². The fraction of sp³-hybridized carbons (Fsp3) is 0.643. The van der Waals surface area contributed by atoms with Crippen molar-refractivity contribution < 1.29 is 9.47 Å². The smallest absolute Gasteiger partial charge is 0.0976 e. The maximum Gasteiger partial charge on any atom is 0.0976 e. The van der Waals surface area contributed by atoms with Crippen molar-refractivity contribution in [3.63, 3.8) is 0 Å². The minimum atomic E-state index is 0.0432. The third-order valence-electron chi connectivity index (χ3n) is 2.86. The lowest BCUT2D eigenvalue weighted by Gasteiger charge is -2.17. The van der Waals surface area contributed by atoms with Crippen LogP contribution in [-0.2, 0) is 16.0 Å². The monoisotopic (exact) mass is 267 g/mol. The van der Waals surface area contributed by atoms with Crippen LogP contribution in [0.5, 0.6) is 0 Å². The Hall–Kier alpha value is -1.17. The molecule has 0 spiro atoms. The van der Waals surface area contributed by atoms with Crippen molar-refractivity contribution in [1.82, 2.24) is 10.3 Å². The number of hydrogen-bond donors (Lipinski definition) is 2. The number of nitrogens with one attached hydrogen (secondary N) is 2. The Balaban J connectivity index is 2.51. The quantitative estimate of drug-likeness (QED) is 0.631. The summed E-state index contributed by atoms with van der Waals surface area (Å²) in [7, 11) is 3.37. The molecule has 0 aromatic carbocycles. The van der Waals surface area contributed by atoms with E-state index >= 15 is 0 Å². The standard InChI is InChI=1S/C14H25N3O2/c1-4-6-15-8-12-5-7-16-10-14(12)17-9-13(19-3)11-18-2/h5,7,10,13,15,17H,4,6,8-9,11H2,1-3H3. The Kier molecular flexibility index (Phi) is 8.13. The van der Waals surface area contributed by atoms with E-state index in [1.165, 1.54) is 5.56 Å². The van der Waals surface area contributed by atoms with Gasteiger partial charge in [-0.1, -0.05) is 6.92 Å². The summed E-state index contributed by atoms with van der Waals surface area (Å²) in [6, 6.07) is 2.03. The SMILES string of the molecule is CCCNCc1ccncc1NCC(COC)OC. The minimum Gasteiger partial charge on any atom is -0.382 e. The fourth-order valence-corrected chi connectivity index (χ4v) is 1.76. The number of pyridine rings is 1. The molecular formula is C14H25N3O2. The summed E-state index contributed by atoms with van der Waals surface area (Å²) in [6.45, 7) is 5.31. The molecule has 5 heteroatoms. The number of anilines is 1. The highest BCUT2D eigenvalue weighted by molar-refractivity contribution is 5.48. The second-order valence-corrected chi connectivity index (χ2v) is 4.40. The predicted molar refractivity (Wildman–Crippen MR) is 77.4 cm³/mol. The van der Waals surface area contributed by atoms with Crippen LogP contribution >= 0.6 is 0 Å². The van der Waals surface area contributed by atoms with Crippen LogP contribution in [-0.4, -0.2) is 45.0 Å². The highest BCUT2D eigenvalue weighted by atomic mass is 16.5. The van der Waals surface area contributed by atoms with Crippen LogP contribution in [0.25, 0.3) is 0 Å². The predicted octanol–water partition coefficient (Wildman–Crippen LogP) is 1.65. The third-order valence-corrected chi connectivity index (χ3v) is 2.86. The average Bonchev–Trinajstić information content (AvgIpc) is 2.45. The molecule has 1 aromatic heterocycles. The van der Waals surface area contributed by atoms with Gasteiger partial charge < -0.3 is 20.1 Å². The Morgan fingerprint density at radius 3 is 2.89 bits per heavy atom. The molecule has 0 aliphatic heterocycles. The van der Waals surface area contributed by atoms with Crippen molar-refractivity contribution >= 4 is 5.69 Å². The molecule has 0 saturated heterocycles. The summed E-state index contributed by atoms with van der Waals surface area (Å²) < 4.78 is 10.4. The zero-order chi connectivity index (χ0) is 13.9. The van der Waals surface area contributed by atoms with Crippen LogP contribution in [0.2, 0.25) is 0 Å². The first kappa shape index (κ1) is 15.9. The van der Waals surface area contributed by atoms with Gasteiger partial charge in [0, 0.05) is 33.5 Å². The summed E-state index contributed by atoms with van der Waals surface area (Å²) in [5.74, 6) is 0. The zero-order valence-corrected chi connectivity index (χ0v) is 12.1. The molecule has 0 aliphatic rings. The number of aromatic nitrogens is 1. The van der Waals surface area contributed by atoms with E-state index in [4.69, 9.17) is 9.47 Å². The van der Waals surface area contributed by atoms with Crippen molar-refractivity contribution in [3.05, 3.63) is 24.0 Å². The molecule has 0 aliphatic carbocycles. The number of ether oxygens (including phenoxy) is 2. The van der Waals surface area contributed by atoms with Gasteiger partial charge in [0.1, 0.15) is 0 Å². The van der Waals surface area contributed by atoms with Crippen LogP contribution in [0.4, 0.5) is 5.69 Å². The molecule has 19 heavy (non-hydrogen) atoms. The lowest BCUT2D eigenvalue weighted by molar-refractivity contribution is 0.0365. The molecule has 1 aromatic rings. The second kappa shape index (κ2) is 9.72. The summed E-state index contributed by atoms with van der Waals surface area (Å²) in [5, 5.41) is 6.76. The molecule has 0 bridgehead atoms. The number of hydrogen-bond acceptors (Lipinski definition) is 5. The molecule has 1 heterocycles. The molecule has 0 fully saturated rings. The van der Waals surface area contributed by atoms with Crippen molar-refractivity contribution in [2.45, 2.75) is 26.0 Å². The topological polar surface area (TPSA) is 55.4 Å². The van der Waals surface area contributed by atoms with E-state index in [0.717, 1.165) is 25.2 Å². The van der Waals surface area contributed by atoms with E-state index < -0.39 is 0 Å². The van der Waals surface area contributed by atoms with Gasteiger partial charge in [-0.05, 0) is 24.6 Å². The Labute approximate surface area is 115 Å². The van der Waals surface area contributed by atoms with Gasteiger partial charge in [-0.15, -0.1) is 0 Å². The van der Waals surface area contributed by atoms with E-state index in [9.17, 15) is 0 Å². The van der Waals surface area contributed by atoms with Crippen molar-refractivity contribution in [3.8, 4) is 0 Å². The summed E-state index contributed by atoms with van der Waals surface area (Å²) >= 11 is 0. The molecule has 2 N–H and O–H groups in total. The Morgan fingerprint density at radius 1 is 1.37 bits per heavy atom. The molecule has 0 radical (unpaired) electrons. The largest absolute Gasteiger partial charge is 0.382 e. The highest BCUT2D eigenvalue weighted by Crippen LogP contribution is 2.13. The van der Waals surface area contributed by atoms with Gasteiger partial charge in [0.25, 0.3) is 0 Å². The molecule has 0 amide bonds. The number of nitrogens with zero attached hydrogens (tertiary/aromatic N) is 1. The average molecular weight is 267 g/mol. The normalized spacial score (nSPS) is 12.4. The summed E-state index contributed by atoms with van der Waals surface area (Å²) in [6.07, 6.45) is 4.84. The summed E-state index contributed by atoms with van der Waals surface area (Å²) in [5.41, 5.74) is 2.26. The summed E-state index contributed by atoms with van der Waals surface area (Å²) in [4.78, 5) is 4.16. The van der Waals surface area contributed by atoms with Crippen LogP contribution in [0.15, 0.2) is 18.5 Å². The van der Waals surface area contributed by atoms with Crippen LogP contribution in [0, 0.1) is 0 Å². The fourth-order valence-electron chi connectivity index (χ4n) is 1.76. The van der Waals surface area contributed by atoms with E-state index in [0.29, 0.717) is 13.2 Å². The molecule has 108 valence electrons. The number of rotatable bonds is 10. The molecule has 1 rings (SSSR count). The van der Waals surface area contributed by atoms with Gasteiger partial charge in [0.15, 0.2) is 0 Å². The molecule has 1 atom stereocenters. The minimum absolute atomic E-state index is 0.0432. The van der Waals surface area contributed by atoms with E-state index in [-0.39, 0.29) is 6.10 Å². The lowest BCUT2D eigenvalue weighted by Crippen LogP contribution is -2.27. The van der Waals surface area contributed by atoms with Crippen molar-refractivity contribution in [2.24, 2.45) is 0 Å². The Bertz CT molecular complexity index is 347. The van der Waals surface area contributed by atoms with Crippen molar-refractivity contribution in [1.29, 1.82) is 0 Å². The van der Waals surface area contributed by atoms with Gasteiger partial charge in [-0.2, -0.15) is 0 Å². The Morgan fingerprint density at radius 2 is 2.21 bits per heavy atom. The lowest BCUT2D eigenvalue weighted by atomic mass is 10.2. The van der Waals surface area contributed by atoms with Gasteiger partial charge in [-0.25, -0.2) is 0 Å². The van der Waals surface area contributed by atoms with Crippen LogP contribution in [0.3, 0.4) is 0 Å². The number of methoxy groups -OCH3 is 2. The van der Waals surface area contributed by atoms with Gasteiger partial charge in [0.2, 0.25) is 0 Å². The van der Waals surface area contributed by atoms with Gasteiger partial charge in [0.05, 0.1) is 24.6 Å². The van der Waals surface area contributed by atoms with E-state index in [1.54, 1.807) is 14.2 Å². The van der Waals surface area contributed by atoms with E-state index in [1.807, 2.05) is 18.5 Å². The molecule has 0 saturated carbocycles. The first-order valence-corrected chi connectivity index (χ1v) is 6.71. The second-order valence-electron chi connectivity index (χ2n) is 4.40. The maximum absolute atomic E-state index is 5.33. The van der Waals surface area contributed by atoms with E-state index in [2.05, 4.69) is 22.5 Å².